The van der Waals surface area contributed by atoms with Gasteiger partial charge in [-0.25, -0.2) is 0 Å². The first-order valence-electron chi connectivity index (χ1n) is 16.0. The molecule has 1 heterocycles. The number of aromatic nitrogens is 1. The summed E-state index contributed by atoms with van der Waals surface area (Å²) >= 11 is 0. The monoisotopic (exact) mass is 575 g/mol. The lowest BCUT2D eigenvalue weighted by Crippen LogP contribution is -2.27. The maximum absolute atomic E-state index is 2.49. The Morgan fingerprint density at radius 3 is 2.00 bits per heavy atom. The Hall–Kier alpha value is -5.40. The fraction of sp³-hybridized carbons (Fsp3) is 0.0909. The van der Waals surface area contributed by atoms with Crippen molar-refractivity contribution in [2.75, 3.05) is 0 Å². The molecule has 1 nitrogen and oxygen atoms in total. The molecule has 0 saturated heterocycles. The molecule has 1 spiro atoms. The van der Waals surface area contributed by atoms with Crippen molar-refractivity contribution in [1.29, 1.82) is 0 Å². The highest BCUT2D eigenvalue weighted by Crippen LogP contribution is 2.63. The molecule has 1 unspecified atom stereocenters. The van der Waals surface area contributed by atoms with Crippen molar-refractivity contribution < 1.29 is 0 Å². The Balaban J connectivity index is 1.42. The van der Waals surface area contributed by atoms with Crippen LogP contribution >= 0.6 is 0 Å². The number of nitrogens with zero attached hydrogens (tertiary/aromatic N) is 1. The maximum Gasteiger partial charge on any atom is 0.0723 e. The van der Waals surface area contributed by atoms with Gasteiger partial charge in [-0.3, -0.25) is 0 Å². The molecule has 0 N–H and O–H groups in total. The van der Waals surface area contributed by atoms with Crippen molar-refractivity contribution >= 4 is 27.4 Å². The first-order valence-corrected chi connectivity index (χ1v) is 16.0. The summed E-state index contributed by atoms with van der Waals surface area (Å²) in [5.74, 6) is 0. The lowest BCUT2D eigenvalue weighted by molar-refractivity contribution is 0.785. The van der Waals surface area contributed by atoms with Crippen molar-refractivity contribution in [3.63, 3.8) is 0 Å². The largest absolute Gasteiger partial charge is 0.309 e. The van der Waals surface area contributed by atoms with Gasteiger partial charge in [0, 0.05) is 16.3 Å². The fourth-order valence-corrected chi connectivity index (χ4v) is 8.31. The molecule has 6 aromatic carbocycles. The molecule has 1 atom stereocenters. The van der Waals surface area contributed by atoms with Crippen LogP contribution in [0.1, 0.15) is 42.5 Å². The second-order valence-corrected chi connectivity index (χ2v) is 12.3. The molecule has 1 aromatic heterocycles. The van der Waals surface area contributed by atoms with Crippen LogP contribution in [-0.2, 0) is 5.41 Å². The minimum Gasteiger partial charge on any atom is -0.309 e. The molecule has 7 aromatic rings. The molecule has 0 saturated carbocycles. The van der Waals surface area contributed by atoms with E-state index in [4.69, 9.17) is 0 Å². The van der Waals surface area contributed by atoms with Crippen LogP contribution in [-0.4, -0.2) is 4.57 Å². The predicted octanol–water partition coefficient (Wildman–Crippen LogP) is 11.5. The van der Waals surface area contributed by atoms with E-state index in [0.717, 1.165) is 6.42 Å². The summed E-state index contributed by atoms with van der Waals surface area (Å²) < 4.78 is 2.49. The first kappa shape index (κ1) is 26.0. The second kappa shape index (κ2) is 9.81. The van der Waals surface area contributed by atoms with Gasteiger partial charge in [0.1, 0.15) is 0 Å². The fourth-order valence-electron chi connectivity index (χ4n) is 8.31. The number of hydrogen-bond acceptors (Lipinski definition) is 0. The van der Waals surface area contributed by atoms with Crippen molar-refractivity contribution in [2.45, 2.75) is 25.7 Å². The number of para-hydroxylation sites is 2. The summed E-state index contributed by atoms with van der Waals surface area (Å²) in [7, 11) is 0. The predicted molar refractivity (Wildman–Crippen MR) is 190 cm³/mol. The standard InChI is InChI=1S/C44H33N/c1-3-4-20-36-29(2)32-27-26-31(30-15-6-5-7-16-30)28-39(32)44(36)37-21-11-8-19-35(37)43-38(44)22-14-25-42(43)45-40-23-12-9-17-33(40)34-18-10-13-24-41(34)45/h4-28H,3H2,1-2H3/b20-4-. The van der Waals surface area contributed by atoms with E-state index in [2.05, 4.69) is 170 Å². The van der Waals surface area contributed by atoms with E-state index < -0.39 is 5.41 Å². The third kappa shape index (κ3) is 3.44. The van der Waals surface area contributed by atoms with Gasteiger partial charge >= 0.3 is 0 Å². The Morgan fingerprint density at radius 1 is 0.578 bits per heavy atom. The smallest absolute Gasteiger partial charge is 0.0723 e. The average molecular weight is 576 g/mol. The quantitative estimate of drug-likeness (QED) is 0.197. The third-order valence-corrected chi connectivity index (χ3v) is 10.1. The third-order valence-electron chi connectivity index (χ3n) is 10.1. The highest BCUT2D eigenvalue weighted by atomic mass is 15.0. The number of benzene rings is 6. The zero-order chi connectivity index (χ0) is 30.1. The molecule has 45 heavy (non-hydrogen) atoms. The van der Waals surface area contributed by atoms with E-state index in [0.29, 0.717) is 0 Å². The van der Waals surface area contributed by atoms with Gasteiger partial charge in [-0.05, 0) is 87.7 Å². The van der Waals surface area contributed by atoms with E-state index in [1.54, 1.807) is 0 Å². The highest BCUT2D eigenvalue weighted by molar-refractivity contribution is 6.10. The molecular weight excluding hydrogens is 542 g/mol. The van der Waals surface area contributed by atoms with Crippen LogP contribution in [0.15, 0.2) is 157 Å². The zero-order valence-corrected chi connectivity index (χ0v) is 25.6. The zero-order valence-electron chi connectivity index (χ0n) is 25.6. The molecular formula is C44H33N. The first-order chi connectivity index (χ1) is 22.2. The number of rotatable bonds is 4. The van der Waals surface area contributed by atoms with Crippen molar-refractivity contribution in [1.82, 2.24) is 4.57 Å². The Kier molecular flexibility index (Phi) is 5.67. The van der Waals surface area contributed by atoms with Crippen molar-refractivity contribution in [3.05, 3.63) is 180 Å². The van der Waals surface area contributed by atoms with Crippen LogP contribution in [0.4, 0.5) is 0 Å². The second-order valence-electron chi connectivity index (χ2n) is 12.3. The Bertz CT molecular complexity index is 2310. The molecule has 2 aliphatic rings. The Morgan fingerprint density at radius 2 is 1.24 bits per heavy atom. The van der Waals surface area contributed by atoms with Gasteiger partial charge in [-0.2, -0.15) is 0 Å². The van der Waals surface area contributed by atoms with Crippen LogP contribution in [0.5, 0.6) is 0 Å². The van der Waals surface area contributed by atoms with Gasteiger partial charge in [0.2, 0.25) is 0 Å². The van der Waals surface area contributed by atoms with E-state index in [1.807, 2.05) is 0 Å². The molecule has 1 heteroatoms. The molecule has 0 amide bonds. The molecule has 0 radical (unpaired) electrons. The minimum atomic E-state index is -0.406. The van der Waals surface area contributed by atoms with E-state index in [9.17, 15) is 0 Å². The molecule has 214 valence electrons. The summed E-state index contributed by atoms with van der Waals surface area (Å²) in [6.45, 7) is 4.55. The SMILES string of the molecule is CC/C=C\C1=C(C)c2ccc(-c3ccccc3)cc2C12c1ccccc1-c1c(-n3c4ccccc4c4ccccc43)cccc12. The highest BCUT2D eigenvalue weighted by Gasteiger charge is 2.52. The van der Waals surface area contributed by atoms with Crippen LogP contribution in [0.3, 0.4) is 0 Å². The van der Waals surface area contributed by atoms with Crippen LogP contribution in [0.25, 0.3) is 55.3 Å². The normalized spacial score (nSPS) is 16.7. The van der Waals surface area contributed by atoms with Gasteiger partial charge < -0.3 is 4.57 Å². The number of hydrogen-bond donors (Lipinski definition) is 0. The lowest BCUT2D eigenvalue weighted by Gasteiger charge is -2.32. The van der Waals surface area contributed by atoms with Crippen molar-refractivity contribution in [2.24, 2.45) is 0 Å². The summed E-state index contributed by atoms with van der Waals surface area (Å²) in [6, 6.07) is 51.7. The van der Waals surface area contributed by atoms with Crippen LogP contribution in [0.2, 0.25) is 0 Å². The molecule has 2 aliphatic carbocycles. The number of allylic oxidation sites excluding steroid dienone is 4. The minimum absolute atomic E-state index is 0.406. The van der Waals surface area contributed by atoms with Crippen LogP contribution < -0.4 is 0 Å². The van der Waals surface area contributed by atoms with Crippen LogP contribution in [0, 0.1) is 0 Å². The van der Waals surface area contributed by atoms with Gasteiger partial charge in [0.15, 0.2) is 0 Å². The van der Waals surface area contributed by atoms with E-state index in [1.165, 1.54) is 83.1 Å². The van der Waals surface area contributed by atoms with Gasteiger partial charge in [0.25, 0.3) is 0 Å². The van der Waals surface area contributed by atoms with Gasteiger partial charge in [-0.1, -0.05) is 134 Å². The van der Waals surface area contributed by atoms with Gasteiger partial charge in [0.05, 0.1) is 22.1 Å². The summed E-state index contributed by atoms with van der Waals surface area (Å²) in [5.41, 5.74) is 16.6. The van der Waals surface area contributed by atoms with Gasteiger partial charge in [-0.15, -0.1) is 0 Å². The Labute approximate surface area is 264 Å². The molecule has 0 bridgehead atoms. The summed E-state index contributed by atoms with van der Waals surface area (Å²) in [4.78, 5) is 0. The maximum atomic E-state index is 2.49. The molecule has 9 rings (SSSR count). The lowest BCUT2D eigenvalue weighted by atomic mass is 9.69. The topological polar surface area (TPSA) is 4.93 Å². The van der Waals surface area contributed by atoms with E-state index in [-0.39, 0.29) is 0 Å². The molecule has 0 aliphatic heterocycles. The number of fused-ring (bicyclic) bond motifs is 10. The summed E-state index contributed by atoms with van der Waals surface area (Å²) in [5, 5.41) is 2.57. The average Bonchev–Trinajstić information content (AvgIpc) is 3.68. The summed E-state index contributed by atoms with van der Waals surface area (Å²) in [6.07, 6.45) is 5.74. The van der Waals surface area contributed by atoms with Crippen molar-refractivity contribution in [3.8, 4) is 27.9 Å². The van der Waals surface area contributed by atoms with E-state index >= 15 is 0 Å². The molecule has 0 fully saturated rings.